The van der Waals surface area contributed by atoms with E-state index in [-0.39, 0.29) is 17.1 Å². The van der Waals surface area contributed by atoms with Crippen molar-refractivity contribution in [1.82, 2.24) is 4.90 Å². The molecule has 0 aliphatic carbocycles. The average Bonchev–Trinajstić information content (AvgIpc) is 2.60. The molecule has 1 heterocycles. The molecule has 0 saturated heterocycles. The van der Waals surface area contributed by atoms with E-state index in [0.717, 1.165) is 5.56 Å². The number of nitrogens with zero attached hydrogens (tertiary/aromatic N) is 1. The zero-order chi connectivity index (χ0) is 17.1. The Balaban J connectivity index is 1.94. The second-order valence-corrected chi connectivity index (χ2v) is 5.79. The first kappa shape index (κ1) is 16.3. The SMILES string of the molecule is CCN(Cc1ccccc1Cl)C(=O)c1cc(=O)c2ccccc2o1. The number of hydrogen-bond donors (Lipinski definition) is 0. The van der Waals surface area contributed by atoms with Crippen LogP contribution in [0.15, 0.2) is 63.8 Å². The summed E-state index contributed by atoms with van der Waals surface area (Å²) in [6.45, 7) is 2.69. The molecule has 0 atom stereocenters. The summed E-state index contributed by atoms with van der Waals surface area (Å²) in [5.41, 5.74) is 1.02. The number of halogens is 1. The van der Waals surface area contributed by atoms with Crippen LogP contribution in [0.5, 0.6) is 0 Å². The summed E-state index contributed by atoms with van der Waals surface area (Å²) in [5.74, 6) is -0.298. The summed E-state index contributed by atoms with van der Waals surface area (Å²) in [6.07, 6.45) is 0. The fraction of sp³-hybridized carbons (Fsp3) is 0.158. The topological polar surface area (TPSA) is 50.5 Å². The van der Waals surface area contributed by atoms with Gasteiger partial charge in [-0.15, -0.1) is 0 Å². The van der Waals surface area contributed by atoms with Crippen LogP contribution in [0, 0.1) is 0 Å². The molecule has 122 valence electrons. The van der Waals surface area contributed by atoms with Gasteiger partial charge in [-0.2, -0.15) is 0 Å². The lowest BCUT2D eigenvalue weighted by Crippen LogP contribution is -2.31. The van der Waals surface area contributed by atoms with Gasteiger partial charge in [0.25, 0.3) is 5.91 Å². The Morgan fingerprint density at radius 1 is 1.12 bits per heavy atom. The van der Waals surface area contributed by atoms with Crippen molar-refractivity contribution in [3.8, 4) is 0 Å². The third-order valence-electron chi connectivity index (χ3n) is 3.83. The fourth-order valence-electron chi connectivity index (χ4n) is 2.52. The molecule has 3 aromatic rings. The molecule has 24 heavy (non-hydrogen) atoms. The van der Waals surface area contributed by atoms with Crippen molar-refractivity contribution in [3.05, 3.63) is 81.2 Å². The first-order valence-corrected chi connectivity index (χ1v) is 8.03. The van der Waals surface area contributed by atoms with Gasteiger partial charge in [-0.1, -0.05) is 41.9 Å². The Bertz CT molecular complexity index is 948. The summed E-state index contributed by atoms with van der Waals surface area (Å²) in [5, 5.41) is 1.06. The highest BCUT2D eigenvalue weighted by Gasteiger charge is 2.19. The normalized spacial score (nSPS) is 10.8. The van der Waals surface area contributed by atoms with Crippen LogP contribution in [0.25, 0.3) is 11.0 Å². The van der Waals surface area contributed by atoms with Crippen molar-refractivity contribution >= 4 is 28.5 Å². The van der Waals surface area contributed by atoms with E-state index in [2.05, 4.69) is 0 Å². The minimum atomic E-state index is -0.333. The predicted octanol–water partition coefficient (Wildman–Crippen LogP) is 4.11. The van der Waals surface area contributed by atoms with Crippen LogP contribution in [0.3, 0.4) is 0 Å². The van der Waals surface area contributed by atoms with E-state index in [4.69, 9.17) is 16.0 Å². The van der Waals surface area contributed by atoms with E-state index < -0.39 is 0 Å². The molecule has 2 aromatic carbocycles. The Labute approximate surface area is 144 Å². The molecule has 0 saturated carbocycles. The molecule has 0 unspecified atom stereocenters. The summed E-state index contributed by atoms with van der Waals surface area (Å²) >= 11 is 6.17. The van der Waals surface area contributed by atoms with Crippen LogP contribution in [0.1, 0.15) is 23.0 Å². The quantitative estimate of drug-likeness (QED) is 0.717. The fourth-order valence-corrected chi connectivity index (χ4v) is 2.72. The highest BCUT2D eigenvalue weighted by Crippen LogP contribution is 2.19. The standard InChI is InChI=1S/C19H16ClNO3/c1-2-21(12-13-7-3-5-9-15(13)20)19(23)18-11-16(22)14-8-4-6-10-17(14)24-18/h3-11H,2,12H2,1H3. The van der Waals surface area contributed by atoms with Crippen LogP contribution in [-0.2, 0) is 6.54 Å². The van der Waals surface area contributed by atoms with Gasteiger partial charge in [-0.05, 0) is 30.7 Å². The van der Waals surface area contributed by atoms with Crippen LogP contribution in [-0.4, -0.2) is 17.4 Å². The van der Waals surface area contributed by atoms with Gasteiger partial charge < -0.3 is 9.32 Å². The molecule has 0 spiro atoms. The zero-order valence-electron chi connectivity index (χ0n) is 13.2. The molecule has 3 rings (SSSR count). The van der Waals surface area contributed by atoms with Crippen molar-refractivity contribution in [2.24, 2.45) is 0 Å². The summed E-state index contributed by atoms with van der Waals surface area (Å²) in [4.78, 5) is 26.5. The number of carbonyl (C=O) groups excluding carboxylic acids is 1. The number of rotatable bonds is 4. The molecule has 0 fully saturated rings. The largest absolute Gasteiger partial charge is 0.451 e. The zero-order valence-corrected chi connectivity index (χ0v) is 13.9. The number of carbonyl (C=O) groups is 1. The molecule has 0 bridgehead atoms. The summed E-state index contributed by atoms with van der Waals surface area (Å²) in [6, 6.07) is 15.5. The van der Waals surface area contributed by atoms with Gasteiger partial charge in [0.1, 0.15) is 5.58 Å². The second-order valence-electron chi connectivity index (χ2n) is 5.38. The minimum absolute atomic E-state index is 0.0348. The van der Waals surface area contributed by atoms with Crippen molar-refractivity contribution in [1.29, 1.82) is 0 Å². The monoisotopic (exact) mass is 341 g/mol. The number of hydrogen-bond acceptors (Lipinski definition) is 3. The van der Waals surface area contributed by atoms with Gasteiger partial charge >= 0.3 is 0 Å². The molecule has 0 N–H and O–H groups in total. The third kappa shape index (κ3) is 3.19. The van der Waals surface area contributed by atoms with Gasteiger partial charge in [0.15, 0.2) is 11.2 Å². The molecule has 5 heteroatoms. The lowest BCUT2D eigenvalue weighted by molar-refractivity contribution is 0.0721. The molecular formula is C19H16ClNO3. The van der Waals surface area contributed by atoms with Crippen molar-refractivity contribution in [2.75, 3.05) is 6.54 Å². The highest BCUT2D eigenvalue weighted by atomic mass is 35.5. The minimum Gasteiger partial charge on any atom is -0.451 e. The molecular weight excluding hydrogens is 326 g/mol. The lowest BCUT2D eigenvalue weighted by Gasteiger charge is -2.21. The Kier molecular flexibility index (Phi) is 4.67. The maximum atomic E-state index is 12.7. The summed E-state index contributed by atoms with van der Waals surface area (Å²) in [7, 11) is 0. The Morgan fingerprint density at radius 3 is 2.58 bits per heavy atom. The number of benzene rings is 2. The first-order chi connectivity index (χ1) is 11.6. The molecule has 0 aliphatic heterocycles. The van der Waals surface area contributed by atoms with Crippen molar-refractivity contribution < 1.29 is 9.21 Å². The smallest absolute Gasteiger partial charge is 0.290 e. The molecule has 0 aliphatic rings. The average molecular weight is 342 g/mol. The first-order valence-electron chi connectivity index (χ1n) is 7.65. The van der Waals surface area contributed by atoms with Gasteiger partial charge in [-0.3, -0.25) is 9.59 Å². The molecule has 4 nitrogen and oxygen atoms in total. The number of para-hydroxylation sites is 1. The van der Waals surface area contributed by atoms with E-state index >= 15 is 0 Å². The van der Waals surface area contributed by atoms with Gasteiger partial charge in [0.2, 0.25) is 0 Å². The van der Waals surface area contributed by atoms with Crippen LogP contribution in [0.4, 0.5) is 0 Å². The van der Waals surface area contributed by atoms with Crippen LogP contribution in [0.2, 0.25) is 5.02 Å². The number of fused-ring (bicyclic) bond motifs is 1. The molecule has 1 amide bonds. The maximum Gasteiger partial charge on any atom is 0.290 e. The Morgan fingerprint density at radius 2 is 1.83 bits per heavy atom. The van der Waals surface area contributed by atoms with E-state index in [1.165, 1.54) is 6.07 Å². The van der Waals surface area contributed by atoms with Crippen LogP contribution < -0.4 is 5.43 Å². The van der Waals surface area contributed by atoms with E-state index in [1.54, 1.807) is 35.2 Å². The lowest BCUT2D eigenvalue weighted by atomic mass is 10.2. The van der Waals surface area contributed by atoms with Gasteiger partial charge in [0.05, 0.1) is 5.39 Å². The summed E-state index contributed by atoms with van der Waals surface area (Å²) < 4.78 is 5.63. The van der Waals surface area contributed by atoms with Crippen molar-refractivity contribution in [3.63, 3.8) is 0 Å². The van der Waals surface area contributed by atoms with Gasteiger partial charge in [-0.25, -0.2) is 0 Å². The Hall–Kier alpha value is -2.59. The predicted molar refractivity (Wildman–Crippen MR) is 94.4 cm³/mol. The molecule has 0 radical (unpaired) electrons. The van der Waals surface area contributed by atoms with E-state index in [0.29, 0.717) is 29.1 Å². The van der Waals surface area contributed by atoms with Gasteiger partial charge in [0, 0.05) is 24.2 Å². The third-order valence-corrected chi connectivity index (χ3v) is 4.20. The second kappa shape index (κ2) is 6.89. The van der Waals surface area contributed by atoms with E-state index in [1.807, 2.05) is 25.1 Å². The number of amides is 1. The molecule has 1 aromatic heterocycles. The maximum absolute atomic E-state index is 12.7. The van der Waals surface area contributed by atoms with Crippen molar-refractivity contribution in [2.45, 2.75) is 13.5 Å². The van der Waals surface area contributed by atoms with Crippen LogP contribution >= 0.6 is 11.6 Å². The highest BCUT2D eigenvalue weighted by molar-refractivity contribution is 6.31. The van der Waals surface area contributed by atoms with E-state index in [9.17, 15) is 9.59 Å².